The molecule has 2 unspecified atom stereocenters. The SMILES string of the molecule is CC.CCCC1(c2ccc(OC)c(OC)c2)CCC(O)=CC1C. The molecular weight excluding hydrogens is 288 g/mol. The number of aliphatic hydroxyl groups is 1. The van der Waals surface area contributed by atoms with Gasteiger partial charge in [-0.25, -0.2) is 0 Å². The van der Waals surface area contributed by atoms with Gasteiger partial charge in [0.1, 0.15) is 0 Å². The van der Waals surface area contributed by atoms with Gasteiger partial charge in [0.05, 0.1) is 20.0 Å². The van der Waals surface area contributed by atoms with Crippen molar-refractivity contribution in [3.8, 4) is 11.5 Å². The molecule has 130 valence electrons. The molecule has 2 rings (SSSR count). The van der Waals surface area contributed by atoms with Crippen LogP contribution in [-0.2, 0) is 5.41 Å². The van der Waals surface area contributed by atoms with Crippen molar-refractivity contribution in [3.05, 3.63) is 35.6 Å². The summed E-state index contributed by atoms with van der Waals surface area (Å²) in [4.78, 5) is 0. The number of hydrogen-bond donors (Lipinski definition) is 1. The molecule has 0 saturated carbocycles. The van der Waals surface area contributed by atoms with Crippen LogP contribution in [0.5, 0.6) is 11.5 Å². The third kappa shape index (κ3) is 4.01. The second-order valence-corrected chi connectivity index (χ2v) is 5.92. The largest absolute Gasteiger partial charge is 0.513 e. The Morgan fingerprint density at radius 2 is 1.83 bits per heavy atom. The van der Waals surface area contributed by atoms with E-state index >= 15 is 0 Å². The maximum atomic E-state index is 9.83. The number of allylic oxidation sites excluding steroid dienone is 2. The van der Waals surface area contributed by atoms with E-state index in [2.05, 4.69) is 26.0 Å². The standard InChI is InChI=1S/C18H26O3.C2H6/c1-5-9-18(10-8-15(19)11-13(18)2)14-6-7-16(20-3)17(12-14)21-4;1-2/h6-7,11-13,19H,5,8-10H2,1-4H3;1-2H3. The Kier molecular flexibility index (Phi) is 7.47. The highest BCUT2D eigenvalue weighted by atomic mass is 16.5. The third-order valence-electron chi connectivity index (χ3n) is 4.80. The van der Waals surface area contributed by atoms with Crippen molar-refractivity contribution in [2.75, 3.05) is 14.2 Å². The lowest BCUT2D eigenvalue weighted by Gasteiger charge is -2.41. The lowest BCUT2D eigenvalue weighted by atomic mass is 9.63. The highest BCUT2D eigenvalue weighted by Gasteiger charge is 2.39. The summed E-state index contributed by atoms with van der Waals surface area (Å²) in [5.41, 5.74) is 1.35. The fourth-order valence-corrected chi connectivity index (χ4v) is 3.61. The van der Waals surface area contributed by atoms with Crippen molar-refractivity contribution in [2.45, 2.75) is 58.8 Å². The summed E-state index contributed by atoms with van der Waals surface area (Å²) < 4.78 is 10.8. The van der Waals surface area contributed by atoms with Crippen LogP contribution in [0.25, 0.3) is 0 Å². The topological polar surface area (TPSA) is 38.7 Å². The van der Waals surface area contributed by atoms with Gasteiger partial charge in [0.2, 0.25) is 0 Å². The number of benzene rings is 1. The minimum Gasteiger partial charge on any atom is -0.513 e. The molecule has 1 aliphatic rings. The van der Waals surface area contributed by atoms with Crippen LogP contribution in [0.3, 0.4) is 0 Å². The molecule has 1 aromatic rings. The molecule has 0 amide bonds. The predicted octanol–water partition coefficient (Wildman–Crippen LogP) is 5.64. The zero-order valence-electron chi connectivity index (χ0n) is 15.5. The second kappa shape index (κ2) is 8.85. The van der Waals surface area contributed by atoms with Gasteiger partial charge in [0, 0.05) is 11.8 Å². The number of methoxy groups -OCH3 is 2. The van der Waals surface area contributed by atoms with Gasteiger partial charge in [-0.15, -0.1) is 0 Å². The van der Waals surface area contributed by atoms with E-state index in [0.29, 0.717) is 11.7 Å². The van der Waals surface area contributed by atoms with E-state index in [1.165, 1.54) is 5.56 Å². The molecule has 0 saturated heterocycles. The summed E-state index contributed by atoms with van der Waals surface area (Å²) in [6, 6.07) is 6.22. The second-order valence-electron chi connectivity index (χ2n) is 5.92. The Labute approximate surface area is 141 Å². The number of hydrogen-bond acceptors (Lipinski definition) is 3. The average molecular weight is 320 g/mol. The van der Waals surface area contributed by atoms with Crippen molar-refractivity contribution < 1.29 is 14.6 Å². The summed E-state index contributed by atoms with van der Waals surface area (Å²) in [7, 11) is 3.33. The van der Waals surface area contributed by atoms with Crippen LogP contribution in [0.4, 0.5) is 0 Å². The first-order valence-electron chi connectivity index (χ1n) is 8.69. The molecule has 0 bridgehead atoms. The molecule has 23 heavy (non-hydrogen) atoms. The molecular formula is C20H32O3. The molecule has 1 aromatic carbocycles. The summed E-state index contributed by atoms with van der Waals surface area (Å²) in [5.74, 6) is 2.37. The van der Waals surface area contributed by atoms with Crippen LogP contribution in [0.1, 0.15) is 58.9 Å². The van der Waals surface area contributed by atoms with Gasteiger partial charge in [-0.1, -0.05) is 40.2 Å². The van der Waals surface area contributed by atoms with Gasteiger partial charge in [-0.3, -0.25) is 0 Å². The highest BCUT2D eigenvalue weighted by Crippen LogP contribution is 2.47. The summed E-state index contributed by atoms with van der Waals surface area (Å²) in [6.07, 6.45) is 5.95. The molecule has 1 N–H and O–H groups in total. The Hall–Kier alpha value is -1.64. The molecule has 2 atom stereocenters. The zero-order chi connectivity index (χ0) is 17.5. The van der Waals surface area contributed by atoms with Crippen molar-refractivity contribution in [3.63, 3.8) is 0 Å². The van der Waals surface area contributed by atoms with Crippen molar-refractivity contribution in [1.29, 1.82) is 0 Å². The molecule has 0 aliphatic heterocycles. The third-order valence-corrected chi connectivity index (χ3v) is 4.80. The van der Waals surface area contributed by atoms with Crippen LogP contribution in [0.15, 0.2) is 30.0 Å². The Bertz CT molecular complexity index is 522. The molecule has 3 nitrogen and oxygen atoms in total. The first-order valence-corrected chi connectivity index (χ1v) is 8.69. The van der Waals surface area contributed by atoms with Gasteiger partial charge in [-0.2, -0.15) is 0 Å². The van der Waals surface area contributed by atoms with Crippen molar-refractivity contribution in [1.82, 2.24) is 0 Å². The van der Waals surface area contributed by atoms with Crippen molar-refractivity contribution >= 4 is 0 Å². The molecule has 0 fully saturated rings. The minimum atomic E-state index is 0.0700. The number of aliphatic hydroxyl groups excluding tert-OH is 1. The lowest BCUT2D eigenvalue weighted by Crippen LogP contribution is -2.35. The Morgan fingerprint density at radius 3 is 2.35 bits per heavy atom. The maximum absolute atomic E-state index is 9.83. The smallest absolute Gasteiger partial charge is 0.161 e. The maximum Gasteiger partial charge on any atom is 0.161 e. The van der Waals surface area contributed by atoms with Crippen LogP contribution in [0.2, 0.25) is 0 Å². The zero-order valence-corrected chi connectivity index (χ0v) is 15.5. The Balaban J connectivity index is 0.00000127. The molecule has 0 aromatic heterocycles. The first kappa shape index (κ1) is 19.4. The van der Waals surface area contributed by atoms with Crippen LogP contribution in [-0.4, -0.2) is 19.3 Å². The normalized spacial score (nSPS) is 23.4. The fraction of sp³-hybridized carbons (Fsp3) is 0.600. The lowest BCUT2D eigenvalue weighted by molar-refractivity contribution is 0.232. The van der Waals surface area contributed by atoms with Gasteiger partial charge >= 0.3 is 0 Å². The summed E-state index contributed by atoms with van der Waals surface area (Å²) >= 11 is 0. The monoisotopic (exact) mass is 320 g/mol. The van der Waals surface area contributed by atoms with Gasteiger partial charge in [-0.05, 0) is 42.5 Å². The van der Waals surface area contributed by atoms with E-state index in [9.17, 15) is 5.11 Å². The Morgan fingerprint density at radius 1 is 1.17 bits per heavy atom. The highest BCUT2D eigenvalue weighted by molar-refractivity contribution is 5.46. The van der Waals surface area contributed by atoms with Crippen molar-refractivity contribution in [2.24, 2.45) is 5.92 Å². The van der Waals surface area contributed by atoms with Gasteiger partial charge in [0.25, 0.3) is 0 Å². The van der Waals surface area contributed by atoms with Gasteiger partial charge < -0.3 is 14.6 Å². The fourth-order valence-electron chi connectivity index (χ4n) is 3.61. The van der Waals surface area contributed by atoms with Gasteiger partial charge in [0.15, 0.2) is 11.5 Å². The van der Waals surface area contributed by atoms with Crippen LogP contribution >= 0.6 is 0 Å². The molecule has 0 heterocycles. The summed E-state index contributed by atoms with van der Waals surface area (Å²) in [5, 5.41) is 9.83. The quantitative estimate of drug-likeness (QED) is 0.763. The number of ether oxygens (including phenoxy) is 2. The molecule has 0 spiro atoms. The molecule has 1 aliphatic carbocycles. The molecule has 0 radical (unpaired) electrons. The van der Waals surface area contributed by atoms with E-state index in [-0.39, 0.29) is 5.41 Å². The average Bonchev–Trinajstić information content (AvgIpc) is 2.59. The van der Waals surface area contributed by atoms with Crippen LogP contribution in [0, 0.1) is 5.92 Å². The minimum absolute atomic E-state index is 0.0700. The first-order chi connectivity index (χ1) is 11.1. The number of rotatable bonds is 5. The van der Waals surface area contributed by atoms with E-state index in [4.69, 9.17) is 9.47 Å². The van der Waals surface area contributed by atoms with Crippen LogP contribution < -0.4 is 9.47 Å². The predicted molar refractivity (Wildman–Crippen MR) is 96.6 cm³/mol. The van der Waals surface area contributed by atoms with E-state index in [1.807, 2.05) is 26.0 Å². The van der Waals surface area contributed by atoms with E-state index in [1.54, 1.807) is 14.2 Å². The van der Waals surface area contributed by atoms with E-state index in [0.717, 1.165) is 37.2 Å². The van der Waals surface area contributed by atoms with E-state index < -0.39 is 0 Å². The molecule has 3 heteroatoms. The summed E-state index contributed by atoms with van der Waals surface area (Å²) in [6.45, 7) is 8.41.